The molecule has 2 unspecified atom stereocenters. The fourth-order valence-corrected chi connectivity index (χ4v) is 2.82. The lowest BCUT2D eigenvalue weighted by molar-refractivity contribution is -0.152. The molecular formula is C15H18ClNO3. The van der Waals surface area contributed by atoms with Crippen LogP contribution in [-0.2, 0) is 9.59 Å². The predicted octanol–water partition coefficient (Wildman–Crippen LogP) is 2.91. The Morgan fingerprint density at radius 2 is 2.15 bits per heavy atom. The highest BCUT2D eigenvalue weighted by Crippen LogP contribution is 2.25. The van der Waals surface area contributed by atoms with E-state index in [1.807, 2.05) is 6.07 Å². The van der Waals surface area contributed by atoms with Crippen molar-refractivity contribution >= 4 is 23.5 Å². The average molecular weight is 296 g/mol. The van der Waals surface area contributed by atoms with Crippen LogP contribution in [0.5, 0.6) is 0 Å². The topological polar surface area (TPSA) is 57.6 Å². The summed E-state index contributed by atoms with van der Waals surface area (Å²) >= 11 is 5.94. The van der Waals surface area contributed by atoms with E-state index in [1.54, 1.807) is 25.1 Å². The Bertz CT molecular complexity index is 518. The van der Waals surface area contributed by atoms with Gasteiger partial charge < -0.3 is 10.0 Å². The van der Waals surface area contributed by atoms with Crippen LogP contribution in [0.2, 0.25) is 5.02 Å². The summed E-state index contributed by atoms with van der Waals surface area (Å²) in [5.74, 6) is -1.44. The molecular weight excluding hydrogens is 278 g/mol. The number of hydrogen-bond acceptors (Lipinski definition) is 2. The molecule has 1 heterocycles. The molecule has 4 nitrogen and oxygen atoms in total. The zero-order chi connectivity index (χ0) is 14.7. The third kappa shape index (κ3) is 3.12. The summed E-state index contributed by atoms with van der Waals surface area (Å²) in [5, 5.41) is 9.82. The van der Waals surface area contributed by atoms with Gasteiger partial charge in [0, 0.05) is 11.6 Å². The van der Waals surface area contributed by atoms with E-state index < -0.39 is 12.0 Å². The van der Waals surface area contributed by atoms with Crippen LogP contribution < -0.4 is 0 Å². The second-order valence-electron chi connectivity index (χ2n) is 5.16. The summed E-state index contributed by atoms with van der Waals surface area (Å²) in [4.78, 5) is 25.3. The maximum absolute atomic E-state index is 12.5. The van der Waals surface area contributed by atoms with Crippen LogP contribution >= 0.6 is 11.6 Å². The number of amides is 1. The zero-order valence-electron chi connectivity index (χ0n) is 11.4. The van der Waals surface area contributed by atoms with Crippen LogP contribution in [0, 0.1) is 0 Å². The first-order valence-electron chi connectivity index (χ1n) is 6.79. The SMILES string of the molecule is CC(C(=O)N1CCCCC1C(=O)O)c1cccc(Cl)c1. The molecule has 5 heteroatoms. The zero-order valence-corrected chi connectivity index (χ0v) is 12.1. The highest BCUT2D eigenvalue weighted by atomic mass is 35.5. The van der Waals surface area contributed by atoms with Crippen molar-refractivity contribution in [3.05, 3.63) is 34.9 Å². The Balaban J connectivity index is 2.18. The molecule has 1 saturated heterocycles. The van der Waals surface area contributed by atoms with Crippen LogP contribution in [0.1, 0.15) is 37.7 Å². The number of carboxylic acid groups (broad SMARTS) is 1. The minimum Gasteiger partial charge on any atom is -0.480 e. The molecule has 2 atom stereocenters. The monoisotopic (exact) mass is 295 g/mol. The fourth-order valence-electron chi connectivity index (χ4n) is 2.62. The van der Waals surface area contributed by atoms with Crippen LogP contribution in [-0.4, -0.2) is 34.5 Å². The highest BCUT2D eigenvalue weighted by Gasteiger charge is 2.34. The summed E-state index contributed by atoms with van der Waals surface area (Å²) in [5.41, 5.74) is 0.817. The number of likely N-dealkylation sites (tertiary alicyclic amines) is 1. The number of carbonyl (C=O) groups is 2. The Labute approximate surface area is 123 Å². The van der Waals surface area contributed by atoms with Crippen molar-refractivity contribution in [1.29, 1.82) is 0 Å². The van der Waals surface area contributed by atoms with E-state index in [0.717, 1.165) is 18.4 Å². The van der Waals surface area contributed by atoms with Crippen molar-refractivity contribution in [3.63, 3.8) is 0 Å². The van der Waals surface area contributed by atoms with Gasteiger partial charge in [-0.15, -0.1) is 0 Å². The van der Waals surface area contributed by atoms with E-state index in [4.69, 9.17) is 11.6 Å². The highest BCUT2D eigenvalue weighted by molar-refractivity contribution is 6.30. The van der Waals surface area contributed by atoms with Crippen molar-refractivity contribution in [1.82, 2.24) is 4.90 Å². The van der Waals surface area contributed by atoms with Gasteiger partial charge in [0.25, 0.3) is 0 Å². The fraction of sp³-hybridized carbons (Fsp3) is 0.467. The van der Waals surface area contributed by atoms with E-state index in [2.05, 4.69) is 0 Å². The van der Waals surface area contributed by atoms with Gasteiger partial charge in [0.1, 0.15) is 6.04 Å². The third-order valence-corrected chi connectivity index (χ3v) is 4.03. The predicted molar refractivity (Wildman–Crippen MR) is 76.9 cm³/mol. The minimum absolute atomic E-state index is 0.139. The van der Waals surface area contributed by atoms with Gasteiger partial charge >= 0.3 is 5.97 Å². The molecule has 2 rings (SSSR count). The summed E-state index contributed by atoms with van der Waals surface area (Å²) in [6.07, 6.45) is 2.24. The van der Waals surface area contributed by atoms with Crippen LogP contribution in [0.4, 0.5) is 0 Å². The van der Waals surface area contributed by atoms with Crippen molar-refractivity contribution in [3.8, 4) is 0 Å². The molecule has 1 aromatic carbocycles. The number of carboxylic acids is 1. The second kappa shape index (κ2) is 6.27. The standard InChI is InChI=1S/C15H18ClNO3/c1-10(11-5-4-6-12(16)9-11)14(18)17-8-3-2-7-13(17)15(19)20/h4-6,9-10,13H,2-3,7-8H2,1H3,(H,19,20). The van der Waals surface area contributed by atoms with Crippen molar-refractivity contribution in [2.45, 2.75) is 38.1 Å². The number of piperidine rings is 1. The average Bonchev–Trinajstić information content (AvgIpc) is 2.45. The molecule has 1 aliphatic heterocycles. The summed E-state index contributed by atoms with van der Waals surface area (Å²) in [6, 6.07) is 6.45. The van der Waals surface area contributed by atoms with Gasteiger partial charge in [0.15, 0.2) is 0 Å². The lowest BCUT2D eigenvalue weighted by Crippen LogP contribution is -2.49. The quantitative estimate of drug-likeness (QED) is 0.933. The first-order chi connectivity index (χ1) is 9.50. The Morgan fingerprint density at radius 3 is 2.80 bits per heavy atom. The Morgan fingerprint density at radius 1 is 1.40 bits per heavy atom. The number of nitrogens with zero attached hydrogens (tertiary/aromatic N) is 1. The normalized spacial score (nSPS) is 20.5. The first kappa shape index (κ1) is 14.9. The molecule has 1 aromatic rings. The summed E-state index contributed by atoms with van der Waals surface area (Å²) in [7, 11) is 0. The number of rotatable bonds is 3. The lowest BCUT2D eigenvalue weighted by Gasteiger charge is -2.34. The summed E-state index contributed by atoms with van der Waals surface area (Å²) < 4.78 is 0. The molecule has 0 bridgehead atoms. The lowest BCUT2D eigenvalue weighted by atomic mass is 9.95. The number of halogens is 1. The number of benzene rings is 1. The maximum Gasteiger partial charge on any atom is 0.326 e. The molecule has 0 radical (unpaired) electrons. The van der Waals surface area contributed by atoms with Gasteiger partial charge in [0.2, 0.25) is 5.91 Å². The molecule has 1 amide bonds. The van der Waals surface area contributed by atoms with Crippen LogP contribution in [0.25, 0.3) is 0 Å². The number of hydrogen-bond donors (Lipinski definition) is 1. The number of aliphatic carboxylic acids is 1. The van der Waals surface area contributed by atoms with E-state index in [-0.39, 0.29) is 11.8 Å². The molecule has 0 spiro atoms. The van der Waals surface area contributed by atoms with Gasteiger partial charge in [-0.2, -0.15) is 0 Å². The van der Waals surface area contributed by atoms with Crippen molar-refractivity contribution < 1.29 is 14.7 Å². The van der Waals surface area contributed by atoms with Gasteiger partial charge in [0.05, 0.1) is 5.92 Å². The van der Waals surface area contributed by atoms with E-state index in [1.165, 1.54) is 4.90 Å². The third-order valence-electron chi connectivity index (χ3n) is 3.79. The van der Waals surface area contributed by atoms with Gasteiger partial charge in [-0.05, 0) is 43.9 Å². The van der Waals surface area contributed by atoms with E-state index in [9.17, 15) is 14.7 Å². The first-order valence-corrected chi connectivity index (χ1v) is 7.17. The van der Waals surface area contributed by atoms with E-state index in [0.29, 0.717) is 18.0 Å². The second-order valence-corrected chi connectivity index (χ2v) is 5.59. The molecule has 1 aliphatic rings. The molecule has 20 heavy (non-hydrogen) atoms. The molecule has 1 N–H and O–H groups in total. The van der Waals surface area contributed by atoms with Crippen molar-refractivity contribution in [2.24, 2.45) is 0 Å². The number of carbonyl (C=O) groups excluding carboxylic acids is 1. The van der Waals surface area contributed by atoms with Gasteiger partial charge in [-0.3, -0.25) is 4.79 Å². The van der Waals surface area contributed by atoms with Crippen LogP contribution in [0.15, 0.2) is 24.3 Å². The molecule has 0 saturated carbocycles. The van der Waals surface area contributed by atoms with E-state index >= 15 is 0 Å². The van der Waals surface area contributed by atoms with Gasteiger partial charge in [-0.25, -0.2) is 4.79 Å². The van der Waals surface area contributed by atoms with Gasteiger partial charge in [-0.1, -0.05) is 23.7 Å². The van der Waals surface area contributed by atoms with Crippen molar-refractivity contribution in [2.75, 3.05) is 6.54 Å². The molecule has 0 aromatic heterocycles. The smallest absolute Gasteiger partial charge is 0.326 e. The summed E-state index contributed by atoms with van der Waals surface area (Å²) in [6.45, 7) is 2.31. The Hall–Kier alpha value is -1.55. The molecule has 0 aliphatic carbocycles. The minimum atomic E-state index is -0.920. The van der Waals surface area contributed by atoms with Crippen LogP contribution in [0.3, 0.4) is 0 Å². The largest absolute Gasteiger partial charge is 0.480 e. The maximum atomic E-state index is 12.5. The molecule has 1 fully saturated rings. The Kier molecular flexibility index (Phi) is 4.65. The molecule has 108 valence electrons.